The molecule has 3 rings (SSSR count). The van der Waals surface area contributed by atoms with Gasteiger partial charge < -0.3 is 10.6 Å². The number of nitrogens with two attached hydrogens (primary N) is 1. The quantitative estimate of drug-likeness (QED) is 0.838. The summed E-state index contributed by atoms with van der Waals surface area (Å²) in [6.45, 7) is 2.07. The van der Waals surface area contributed by atoms with Crippen molar-refractivity contribution in [2.75, 3.05) is 23.7 Å². The van der Waals surface area contributed by atoms with E-state index in [4.69, 9.17) is 11.0 Å². The van der Waals surface area contributed by atoms with Gasteiger partial charge in [0.15, 0.2) is 5.82 Å². The van der Waals surface area contributed by atoms with Crippen LogP contribution in [0.25, 0.3) is 0 Å². The molecular weight excluding hydrogens is 236 g/mol. The Balaban J connectivity index is 1.82. The summed E-state index contributed by atoms with van der Waals surface area (Å²) >= 11 is 0. The van der Waals surface area contributed by atoms with Gasteiger partial charge in [0.25, 0.3) is 0 Å². The van der Waals surface area contributed by atoms with Crippen LogP contribution in [0.3, 0.4) is 0 Å². The molecule has 2 atom stereocenters. The van der Waals surface area contributed by atoms with Crippen LogP contribution in [0.5, 0.6) is 0 Å². The second-order valence-corrected chi connectivity index (χ2v) is 5.75. The van der Waals surface area contributed by atoms with Crippen LogP contribution in [0.2, 0.25) is 0 Å². The molecule has 0 bridgehead atoms. The van der Waals surface area contributed by atoms with Crippen LogP contribution >= 0.6 is 0 Å². The van der Waals surface area contributed by atoms with Gasteiger partial charge >= 0.3 is 0 Å². The lowest BCUT2D eigenvalue weighted by atomic mass is 9.75. The summed E-state index contributed by atoms with van der Waals surface area (Å²) in [6, 6.07) is 3.83. The fourth-order valence-electron chi connectivity index (χ4n) is 3.60. The highest BCUT2D eigenvalue weighted by Crippen LogP contribution is 2.38. The summed E-state index contributed by atoms with van der Waals surface area (Å²) in [5.74, 6) is 2.49. The van der Waals surface area contributed by atoms with E-state index in [0.717, 1.165) is 30.7 Å². The fourth-order valence-corrected chi connectivity index (χ4v) is 3.60. The maximum Gasteiger partial charge on any atom is 0.153 e. The third-order valence-electron chi connectivity index (χ3n) is 4.68. The zero-order chi connectivity index (χ0) is 13.2. The number of hydrogen-bond donors (Lipinski definition) is 1. The average Bonchev–Trinajstić information content (AvgIpc) is 2.47. The molecule has 4 nitrogen and oxygen atoms in total. The zero-order valence-corrected chi connectivity index (χ0v) is 11.2. The number of anilines is 2. The topological polar surface area (TPSA) is 65.9 Å². The van der Waals surface area contributed by atoms with Gasteiger partial charge in [0.2, 0.25) is 0 Å². The summed E-state index contributed by atoms with van der Waals surface area (Å²) in [6.07, 6.45) is 8.40. The van der Waals surface area contributed by atoms with Crippen molar-refractivity contribution < 1.29 is 0 Å². The third-order valence-corrected chi connectivity index (χ3v) is 4.68. The van der Waals surface area contributed by atoms with Crippen LogP contribution in [0.4, 0.5) is 11.5 Å². The highest BCUT2D eigenvalue weighted by atomic mass is 15.2. The van der Waals surface area contributed by atoms with Crippen LogP contribution in [0.15, 0.2) is 12.3 Å². The number of fused-ring (bicyclic) bond motifs is 1. The Hall–Kier alpha value is -1.76. The van der Waals surface area contributed by atoms with Gasteiger partial charge in [-0.15, -0.1) is 0 Å². The Morgan fingerprint density at radius 1 is 1.26 bits per heavy atom. The average molecular weight is 256 g/mol. The van der Waals surface area contributed by atoms with E-state index >= 15 is 0 Å². The second-order valence-electron chi connectivity index (χ2n) is 5.75. The van der Waals surface area contributed by atoms with Crippen LogP contribution in [0.1, 0.15) is 37.7 Å². The van der Waals surface area contributed by atoms with Crippen molar-refractivity contribution in [2.45, 2.75) is 32.1 Å². The lowest BCUT2D eigenvalue weighted by Gasteiger charge is -2.42. The number of hydrogen-bond acceptors (Lipinski definition) is 4. The molecule has 100 valence electrons. The van der Waals surface area contributed by atoms with Crippen molar-refractivity contribution in [2.24, 2.45) is 11.8 Å². The molecule has 2 unspecified atom stereocenters. The number of nitriles is 1. The lowest BCUT2D eigenvalue weighted by molar-refractivity contribution is 0.202. The molecule has 0 spiro atoms. The minimum absolute atomic E-state index is 0.538. The second kappa shape index (κ2) is 5.08. The summed E-state index contributed by atoms with van der Waals surface area (Å²) in [7, 11) is 0. The highest BCUT2D eigenvalue weighted by Gasteiger charge is 2.32. The van der Waals surface area contributed by atoms with Gasteiger partial charge in [0, 0.05) is 19.3 Å². The van der Waals surface area contributed by atoms with Gasteiger partial charge in [-0.25, -0.2) is 4.98 Å². The van der Waals surface area contributed by atoms with E-state index in [2.05, 4.69) is 16.0 Å². The van der Waals surface area contributed by atoms with Crippen molar-refractivity contribution in [3.05, 3.63) is 17.8 Å². The van der Waals surface area contributed by atoms with Crippen molar-refractivity contribution in [1.82, 2.24) is 4.98 Å². The van der Waals surface area contributed by atoms with Crippen LogP contribution < -0.4 is 10.6 Å². The Bertz CT molecular complexity index is 505. The maximum absolute atomic E-state index is 9.05. The lowest BCUT2D eigenvalue weighted by Crippen LogP contribution is -2.42. The molecule has 2 fully saturated rings. The zero-order valence-electron chi connectivity index (χ0n) is 11.2. The first-order valence-corrected chi connectivity index (χ1v) is 7.19. The summed E-state index contributed by atoms with van der Waals surface area (Å²) in [4.78, 5) is 6.68. The maximum atomic E-state index is 9.05. The summed E-state index contributed by atoms with van der Waals surface area (Å²) < 4.78 is 0. The first-order chi connectivity index (χ1) is 9.29. The van der Waals surface area contributed by atoms with Crippen molar-refractivity contribution in [3.63, 3.8) is 0 Å². The Morgan fingerprint density at radius 3 is 2.84 bits per heavy atom. The molecule has 1 aliphatic carbocycles. The predicted octanol–water partition coefficient (Wildman–Crippen LogP) is 2.55. The molecule has 1 aromatic rings. The Kier molecular flexibility index (Phi) is 3.29. The molecule has 2 heterocycles. The Morgan fingerprint density at radius 2 is 2.05 bits per heavy atom. The van der Waals surface area contributed by atoms with Gasteiger partial charge in [-0.3, -0.25) is 0 Å². The molecule has 4 heteroatoms. The minimum Gasteiger partial charge on any atom is -0.395 e. The minimum atomic E-state index is 0.538. The number of nitrogens with zero attached hydrogens (tertiary/aromatic N) is 3. The molecular formula is C15H20N4. The standard InChI is InChI=1S/C15H20N4/c16-9-12-5-7-18-15(14(12)17)19-8-6-11-3-1-2-4-13(11)10-19/h5,7,11,13H,1-4,6,8,10,17H2. The largest absolute Gasteiger partial charge is 0.395 e. The van der Waals surface area contributed by atoms with E-state index in [1.807, 2.05) is 0 Å². The van der Waals surface area contributed by atoms with Crippen LogP contribution in [0, 0.1) is 23.2 Å². The molecule has 1 saturated heterocycles. The van der Waals surface area contributed by atoms with Gasteiger partial charge in [-0.05, 0) is 30.7 Å². The van der Waals surface area contributed by atoms with Crippen molar-refractivity contribution in [1.29, 1.82) is 5.26 Å². The van der Waals surface area contributed by atoms with E-state index in [0.29, 0.717) is 11.3 Å². The predicted molar refractivity (Wildman–Crippen MR) is 75.6 cm³/mol. The first kappa shape index (κ1) is 12.3. The molecule has 0 radical (unpaired) electrons. The smallest absolute Gasteiger partial charge is 0.153 e. The molecule has 0 amide bonds. The van der Waals surface area contributed by atoms with Crippen LogP contribution in [-0.2, 0) is 0 Å². The Labute approximate surface area is 114 Å². The first-order valence-electron chi connectivity index (χ1n) is 7.19. The number of aromatic nitrogens is 1. The monoisotopic (exact) mass is 256 g/mol. The van der Waals surface area contributed by atoms with Gasteiger partial charge in [0.1, 0.15) is 6.07 Å². The van der Waals surface area contributed by atoms with Gasteiger partial charge in [-0.1, -0.05) is 19.3 Å². The van der Waals surface area contributed by atoms with E-state index in [-0.39, 0.29) is 0 Å². The van der Waals surface area contributed by atoms with Crippen molar-refractivity contribution in [3.8, 4) is 6.07 Å². The number of piperidine rings is 1. The van der Waals surface area contributed by atoms with Crippen LogP contribution in [-0.4, -0.2) is 18.1 Å². The molecule has 1 saturated carbocycles. The van der Waals surface area contributed by atoms with E-state index in [1.54, 1.807) is 12.3 Å². The fraction of sp³-hybridized carbons (Fsp3) is 0.600. The number of nitrogen functional groups attached to an aromatic ring is 1. The molecule has 19 heavy (non-hydrogen) atoms. The SMILES string of the molecule is N#Cc1ccnc(N2CCC3CCCCC3C2)c1N. The summed E-state index contributed by atoms with van der Waals surface area (Å²) in [5.41, 5.74) is 7.14. The highest BCUT2D eigenvalue weighted by molar-refractivity contribution is 5.70. The van der Waals surface area contributed by atoms with E-state index in [1.165, 1.54) is 32.1 Å². The van der Waals surface area contributed by atoms with E-state index in [9.17, 15) is 0 Å². The normalized spacial score (nSPS) is 26.6. The van der Waals surface area contributed by atoms with Gasteiger partial charge in [0.05, 0.1) is 11.3 Å². The third kappa shape index (κ3) is 2.25. The van der Waals surface area contributed by atoms with Gasteiger partial charge in [-0.2, -0.15) is 5.26 Å². The van der Waals surface area contributed by atoms with Crippen molar-refractivity contribution >= 4 is 11.5 Å². The molecule has 1 aliphatic heterocycles. The number of rotatable bonds is 1. The van der Waals surface area contributed by atoms with E-state index < -0.39 is 0 Å². The molecule has 2 N–H and O–H groups in total. The summed E-state index contributed by atoms with van der Waals surface area (Å²) in [5, 5.41) is 9.05. The number of pyridine rings is 1. The molecule has 1 aromatic heterocycles. The molecule has 2 aliphatic rings. The molecule has 0 aromatic carbocycles.